The Labute approximate surface area is 135 Å². The number of likely N-dealkylation sites (N-methyl/N-ethyl adjacent to an activating group) is 1. The van der Waals surface area contributed by atoms with Gasteiger partial charge in [0.05, 0.1) is 0 Å². The lowest BCUT2D eigenvalue weighted by Crippen LogP contribution is -2.24. The van der Waals surface area contributed by atoms with E-state index in [1.165, 1.54) is 11.6 Å². The molecule has 0 aliphatic carbocycles. The van der Waals surface area contributed by atoms with Crippen molar-refractivity contribution in [1.82, 2.24) is 5.32 Å². The molecule has 0 aliphatic heterocycles. The summed E-state index contributed by atoms with van der Waals surface area (Å²) >= 11 is 6.88. The van der Waals surface area contributed by atoms with Crippen molar-refractivity contribution in [1.29, 1.82) is 0 Å². The summed E-state index contributed by atoms with van der Waals surface area (Å²) in [5, 5.41) is 3.36. The van der Waals surface area contributed by atoms with E-state index in [1.54, 1.807) is 6.07 Å². The highest BCUT2D eigenvalue weighted by atomic mass is 79.9. The topological polar surface area (TPSA) is 12.0 Å². The average molecular weight is 401 g/mol. The van der Waals surface area contributed by atoms with E-state index in [4.69, 9.17) is 0 Å². The molecule has 1 N–H and O–H groups in total. The third kappa shape index (κ3) is 4.14. The maximum absolute atomic E-state index is 14.1. The molecule has 0 heterocycles. The Bertz CT molecular complexity index is 586. The Balaban J connectivity index is 2.29. The lowest BCUT2D eigenvalue weighted by molar-refractivity contribution is 0.509. The van der Waals surface area contributed by atoms with Gasteiger partial charge >= 0.3 is 0 Å². The van der Waals surface area contributed by atoms with Crippen molar-refractivity contribution < 1.29 is 4.39 Å². The zero-order valence-corrected chi connectivity index (χ0v) is 14.3. The Morgan fingerprint density at radius 3 is 2.55 bits per heavy atom. The van der Waals surface area contributed by atoms with Gasteiger partial charge in [-0.25, -0.2) is 4.39 Å². The molecule has 106 valence electrons. The number of rotatable bonds is 5. The van der Waals surface area contributed by atoms with Crippen LogP contribution in [0.5, 0.6) is 0 Å². The first-order chi connectivity index (χ1) is 9.60. The van der Waals surface area contributed by atoms with Crippen molar-refractivity contribution >= 4 is 31.9 Å². The smallest absolute Gasteiger partial charge is 0.128 e. The highest BCUT2D eigenvalue weighted by molar-refractivity contribution is 9.10. The second-order valence-corrected chi connectivity index (χ2v) is 6.44. The van der Waals surface area contributed by atoms with Gasteiger partial charge in [-0.1, -0.05) is 50.9 Å². The first kappa shape index (κ1) is 15.7. The van der Waals surface area contributed by atoms with Crippen LogP contribution in [0, 0.1) is 5.82 Å². The second kappa shape index (κ2) is 7.34. The van der Waals surface area contributed by atoms with Gasteiger partial charge in [-0.05, 0) is 48.9 Å². The van der Waals surface area contributed by atoms with Crippen molar-refractivity contribution in [2.75, 3.05) is 6.54 Å². The fraction of sp³-hybridized carbons (Fsp3) is 0.250. The Morgan fingerprint density at radius 2 is 1.85 bits per heavy atom. The fourth-order valence-electron chi connectivity index (χ4n) is 2.22. The predicted octanol–water partition coefficient (Wildman–Crippen LogP) is 5.24. The van der Waals surface area contributed by atoms with Crippen LogP contribution < -0.4 is 5.32 Å². The summed E-state index contributed by atoms with van der Waals surface area (Å²) < 4.78 is 16.0. The summed E-state index contributed by atoms with van der Waals surface area (Å²) in [6.07, 6.45) is 0.751. The molecule has 0 saturated carbocycles. The summed E-state index contributed by atoms with van der Waals surface area (Å²) in [5.74, 6) is -0.172. The monoisotopic (exact) mass is 399 g/mol. The van der Waals surface area contributed by atoms with Gasteiger partial charge in [0.25, 0.3) is 0 Å². The van der Waals surface area contributed by atoms with Gasteiger partial charge in [-0.15, -0.1) is 0 Å². The largest absolute Gasteiger partial charge is 0.310 e. The van der Waals surface area contributed by atoms with Crippen LogP contribution in [0.4, 0.5) is 4.39 Å². The Hall–Kier alpha value is -0.710. The fourth-order valence-corrected chi connectivity index (χ4v) is 3.05. The molecule has 0 aromatic heterocycles. The molecule has 1 atom stereocenters. The molecule has 0 amide bonds. The summed E-state index contributed by atoms with van der Waals surface area (Å²) in [6.45, 7) is 2.83. The van der Waals surface area contributed by atoms with Crippen LogP contribution in [-0.4, -0.2) is 6.54 Å². The predicted molar refractivity (Wildman–Crippen MR) is 88.4 cm³/mol. The molecular formula is C16H16Br2FN. The molecule has 1 nitrogen and oxygen atoms in total. The average Bonchev–Trinajstić information content (AvgIpc) is 2.41. The lowest BCUT2D eigenvalue weighted by Gasteiger charge is -2.19. The highest BCUT2D eigenvalue weighted by Gasteiger charge is 2.16. The molecule has 2 rings (SSSR count). The van der Waals surface area contributed by atoms with Crippen molar-refractivity contribution in [3.63, 3.8) is 0 Å². The maximum atomic E-state index is 14.1. The van der Waals surface area contributed by atoms with Crippen LogP contribution in [0.3, 0.4) is 0 Å². The van der Waals surface area contributed by atoms with Gasteiger partial charge < -0.3 is 5.32 Å². The van der Waals surface area contributed by atoms with Gasteiger partial charge in [-0.2, -0.15) is 0 Å². The first-order valence-electron chi connectivity index (χ1n) is 6.53. The van der Waals surface area contributed by atoms with Gasteiger partial charge in [0.2, 0.25) is 0 Å². The van der Waals surface area contributed by atoms with Crippen LogP contribution in [0.25, 0.3) is 0 Å². The lowest BCUT2D eigenvalue weighted by atomic mass is 9.98. The highest BCUT2D eigenvalue weighted by Crippen LogP contribution is 2.25. The van der Waals surface area contributed by atoms with E-state index in [9.17, 15) is 4.39 Å². The van der Waals surface area contributed by atoms with E-state index in [1.807, 2.05) is 25.1 Å². The molecule has 2 aromatic rings. The van der Waals surface area contributed by atoms with Crippen molar-refractivity contribution in [2.45, 2.75) is 19.4 Å². The third-order valence-electron chi connectivity index (χ3n) is 3.11. The molecule has 0 saturated heterocycles. The quantitative estimate of drug-likeness (QED) is 0.723. The van der Waals surface area contributed by atoms with Gasteiger partial charge in [0.15, 0.2) is 0 Å². The van der Waals surface area contributed by atoms with Gasteiger partial charge in [-0.3, -0.25) is 0 Å². The molecule has 0 spiro atoms. The maximum Gasteiger partial charge on any atom is 0.128 e. The van der Waals surface area contributed by atoms with E-state index < -0.39 is 0 Å². The van der Waals surface area contributed by atoms with Crippen LogP contribution in [0.15, 0.2) is 51.4 Å². The van der Waals surface area contributed by atoms with E-state index in [0.29, 0.717) is 5.56 Å². The molecule has 1 unspecified atom stereocenters. The molecule has 2 aromatic carbocycles. The number of hydrogen-bond acceptors (Lipinski definition) is 1. The molecular weight excluding hydrogens is 385 g/mol. The standard InChI is InChI=1S/C16H16Br2FN/c1-2-20-16(9-11-4-3-5-12(17)8-11)14-10-13(18)6-7-15(14)19/h3-8,10,16,20H,2,9H2,1H3. The Morgan fingerprint density at radius 1 is 1.10 bits per heavy atom. The van der Waals surface area contributed by atoms with E-state index >= 15 is 0 Å². The van der Waals surface area contributed by atoms with Crippen molar-refractivity contribution in [3.05, 3.63) is 68.4 Å². The third-order valence-corrected chi connectivity index (χ3v) is 4.10. The number of hydrogen-bond donors (Lipinski definition) is 1. The van der Waals surface area contributed by atoms with Crippen LogP contribution in [0.1, 0.15) is 24.1 Å². The van der Waals surface area contributed by atoms with Crippen LogP contribution in [0.2, 0.25) is 0 Å². The normalized spacial score (nSPS) is 12.4. The van der Waals surface area contributed by atoms with Gasteiger partial charge in [0.1, 0.15) is 5.82 Å². The van der Waals surface area contributed by atoms with E-state index in [0.717, 1.165) is 21.9 Å². The molecule has 4 heteroatoms. The minimum atomic E-state index is -0.172. The summed E-state index contributed by atoms with van der Waals surface area (Å²) in [6, 6.07) is 13.2. The zero-order chi connectivity index (χ0) is 14.5. The summed E-state index contributed by atoms with van der Waals surface area (Å²) in [4.78, 5) is 0. The minimum Gasteiger partial charge on any atom is -0.310 e. The number of nitrogens with one attached hydrogen (secondary N) is 1. The minimum absolute atomic E-state index is 0.0354. The summed E-state index contributed by atoms with van der Waals surface area (Å²) in [5.41, 5.74) is 1.87. The van der Waals surface area contributed by atoms with Crippen molar-refractivity contribution in [2.24, 2.45) is 0 Å². The van der Waals surface area contributed by atoms with E-state index in [2.05, 4.69) is 49.3 Å². The van der Waals surface area contributed by atoms with Crippen molar-refractivity contribution in [3.8, 4) is 0 Å². The molecule has 0 bridgehead atoms. The van der Waals surface area contributed by atoms with Gasteiger partial charge in [0, 0.05) is 20.6 Å². The number of benzene rings is 2. The SMILES string of the molecule is CCNC(Cc1cccc(Br)c1)c1cc(Br)ccc1F. The second-order valence-electron chi connectivity index (χ2n) is 4.61. The first-order valence-corrected chi connectivity index (χ1v) is 8.11. The zero-order valence-electron chi connectivity index (χ0n) is 11.2. The van der Waals surface area contributed by atoms with Crippen LogP contribution >= 0.6 is 31.9 Å². The molecule has 0 aliphatic rings. The molecule has 0 fully saturated rings. The van der Waals surface area contributed by atoms with E-state index in [-0.39, 0.29) is 11.9 Å². The van der Waals surface area contributed by atoms with Crippen LogP contribution in [-0.2, 0) is 6.42 Å². The molecule has 20 heavy (non-hydrogen) atoms. The number of halogens is 3. The molecule has 0 radical (unpaired) electrons. The summed E-state index contributed by atoms with van der Waals surface area (Å²) in [7, 11) is 0. The Kier molecular flexibility index (Phi) is 5.75.